The zero-order chi connectivity index (χ0) is 13.2. The first-order chi connectivity index (χ1) is 8.50. The lowest BCUT2D eigenvalue weighted by Crippen LogP contribution is -2.29. The van der Waals surface area contributed by atoms with Crippen molar-refractivity contribution in [2.24, 2.45) is 11.7 Å². The van der Waals surface area contributed by atoms with E-state index in [4.69, 9.17) is 5.73 Å². The molecule has 1 heterocycles. The molecule has 1 aliphatic carbocycles. The fourth-order valence-corrected chi connectivity index (χ4v) is 2.06. The van der Waals surface area contributed by atoms with E-state index in [0.29, 0.717) is 36.7 Å². The normalized spacial score (nSPS) is 19.4. The standard InChI is InChI=1S/C11H15F3N4/c12-11(13,14)8-1-2-9-7(5-8)6-17-10(18-9)16-4-3-15/h6,8H,1-5,15H2,(H,16,17,18). The average Bonchev–Trinajstić information content (AvgIpc) is 2.34. The lowest BCUT2D eigenvalue weighted by atomic mass is 9.87. The molecule has 0 radical (unpaired) electrons. The van der Waals surface area contributed by atoms with E-state index in [1.807, 2.05) is 0 Å². The van der Waals surface area contributed by atoms with Gasteiger partial charge < -0.3 is 11.1 Å². The fourth-order valence-electron chi connectivity index (χ4n) is 2.06. The Hall–Kier alpha value is -1.37. The highest BCUT2D eigenvalue weighted by Gasteiger charge is 2.41. The van der Waals surface area contributed by atoms with Crippen molar-refractivity contribution in [3.63, 3.8) is 0 Å². The van der Waals surface area contributed by atoms with E-state index in [-0.39, 0.29) is 12.8 Å². The Morgan fingerprint density at radius 1 is 1.44 bits per heavy atom. The van der Waals surface area contributed by atoms with Crippen molar-refractivity contribution in [2.75, 3.05) is 18.4 Å². The minimum absolute atomic E-state index is 0.0179. The van der Waals surface area contributed by atoms with Crippen LogP contribution in [0.2, 0.25) is 0 Å². The summed E-state index contributed by atoms with van der Waals surface area (Å²) in [6.07, 6.45) is -2.22. The van der Waals surface area contributed by atoms with Crippen LogP contribution < -0.4 is 11.1 Å². The van der Waals surface area contributed by atoms with Crippen molar-refractivity contribution >= 4 is 5.95 Å². The molecule has 0 aliphatic heterocycles. The Morgan fingerprint density at radius 3 is 2.89 bits per heavy atom. The topological polar surface area (TPSA) is 63.8 Å². The van der Waals surface area contributed by atoms with E-state index in [0.717, 1.165) is 0 Å². The van der Waals surface area contributed by atoms with E-state index in [1.54, 1.807) is 0 Å². The molecule has 7 heteroatoms. The van der Waals surface area contributed by atoms with Crippen LogP contribution in [0.25, 0.3) is 0 Å². The summed E-state index contributed by atoms with van der Waals surface area (Å²) < 4.78 is 37.8. The quantitative estimate of drug-likeness (QED) is 0.864. The summed E-state index contributed by atoms with van der Waals surface area (Å²) in [5.74, 6) is -0.832. The van der Waals surface area contributed by atoms with Gasteiger partial charge in [-0.2, -0.15) is 13.2 Å². The molecule has 0 fully saturated rings. The molecule has 0 saturated heterocycles. The molecule has 100 valence electrons. The van der Waals surface area contributed by atoms with Crippen LogP contribution in [0.4, 0.5) is 19.1 Å². The number of hydrogen-bond acceptors (Lipinski definition) is 4. The predicted octanol–water partition coefficient (Wildman–Crippen LogP) is 1.51. The summed E-state index contributed by atoms with van der Waals surface area (Å²) in [5.41, 5.74) is 6.65. The van der Waals surface area contributed by atoms with Gasteiger partial charge in [-0.15, -0.1) is 0 Å². The second kappa shape index (κ2) is 5.09. The van der Waals surface area contributed by atoms with Crippen LogP contribution in [0.3, 0.4) is 0 Å². The van der Waals surface area contributed by atoms with E-state index in [9.17, 15) is 13.2 Å². The molecule has 0 aromatic carbocycles. The highest BCUT2D eigenvalue weighted by Crippen LogP contribution is 2.36. The van der Waals surface area contributed by atoms with Crippen molar-refractivity contribution in [2.45, 2.75) is 25.4 Å². The molecule has 1 aliphatic rings. The lowest BCUT2D eigenvalue weighted by molar-refractivity contribution is -0.177. The summed E-state index contributed by atoms with van der Waals surface area (Å²) in [6.45, 7) is 1.00. The first-order valence-corrected chi connectivity index (χ1v) is 5.86. The largest absolute Gasteiger partial charge is 0.392 e. The van der Waals surface area contributed by atoms with Gasteiger partial charge in [0.25, 0.3) is 0 Å². The number of alkyl halides is 3. The third kappa shape index (κ3) is 2.90. The molecule has 1 atom stereocenters. The van der Waals surface area contributed by atoms with E-state index >= 15 is 0 Å². The van der Waals surface area contributed by atoms with E-state index < -0.39 is 12.1 Å². The van der Waals surface area contributed by atoms with Crippen molar-refractivity contribution in [3.8, 4) is 0 Å². The minimum Gasteiger partial charge on any atom is -0.353 e. The van der Waals surface area contributed by atoms with E-state index in [1.165, 1.54) is 6.20 Å². The second-order valence-corrected chi connectivity index (χ2v) is 4.36. The van der Waals surface area contributed by atoms with Crippen LogP contribution in [0.5, 0.6) is 0 Å². The Kier molecular flexibility index (Phi) is 3.70. The molecule has 3 N–H and O–H groups in total. The molecule has 1 aromatic heterocycles. The Balaban J connectivity index is 2.11. The Labute approximate surface area is 103 Å². The summed E-state index contributed by atoms with van der Waals surface area (Å²) in [6, 6.07) is 0. The molecular formula is C11H15F3N4. The first kappa shape index (κ1) is 13.1. The second-order valence-electron chi connectivity index (χ2n) is 4.36. The molecule has 0 spiro atoms. The summed E-state index contributed by atoms with van der Waals surface area (Å²) in [5, 5.41) is 2.92. The molecule has 0 amide bonds. The maximum absolute atomic E-state index is 12.6. The van der Waals surface area contributed by atoms with Gasteiger partial charge in [0.15, 0.2) is 0 Å². The zero-order valence-electron chi connectivity index (χ0n) is 9.80. The van der Waals surface area contributed by atoms with Gasteiger partial charge in [0, 0.05) is 25.0 Å². The summed E-state index contributed by atoms with van der Waals surface area (Å²) >= 11 is 0. The van der Waals surface area contributed by atoms with Gasteiger partial charge in [-0.25, -0.2) is 9.97 Å². The number of nitrogens with zero attached hydrogens (tertiary/aromatic N) is 2. The van der Waals surface area contributed by atoms with Gasteiger partial charge in [0.05, 0.1) is 5.92 Å². The molecule has 0 bridgehead atoms. The third-order valence-corrected chi connectivity index (χ3v) is 3.04. The molecule has 4 nitrogen and oxygen atoms in total. The maximum Gasteiger partial charge on any atom is 0.392 e. The highest BCUT2D eigenvalue weighted by molar-refractivity contribution is 5.31. The van der Waals surface area contributed by atoms with Gasteiger partial charge in [-0.1, -0.05) is 0 Å². The van der Waals surface area contributed by atoms with Crippen LogP contribution >= 0.6 is 0 Å². The minimum atomic E-state index is -4.13. The molecule has 18 heavy (non-hydrogen) atoms. The van der Waals surface area contributed by atoms with Crippen molar-refractivity contribution in [1.82, 2.24) is 9.97 Å². The van der Waals surface area contributed by atoms with Gasteiger partial charge in [-0.05, 0) is 24.8 Å². The monoisotopic (exact) mass is 260 g/mol. The lowest BCUT2D eigenvalue weighted by Gasteiger charge is -2.25. The van der Waals surface area contributed by atoms with Crippen molar-refractivity contribution in [1.29, 1.82) is 0 Å². The molecule has 1 unspecified atom stereocenters. The summed E-state index contributed by atoms with van der Waals surface area (Å²) in [7, 11) is 0. The number of aryl methyl sites for hydroxylation is 1. The van der Waals surface area contributed by atoms with Gasteiger partial charge in [0.1, 0.15) is 0 Å². The fraction of sp³-hybridized carbons (Fsp3) is 0.636. The molecular weight excluding hydrogens is 245 g/mol. The number of hydrogen-bond donors (Lipinski definition) is 2. The number of anilines is 1. The van der Waals surface area contributed by atoms with Crippen LogP contribution in [-0.4, -0.2) is 29.2 Å². The number of aromatic nitrogens is 2. The van der Waals surface area contributed by atoms with Gasteiger partial charge in [-0.3, -0.25) is 0 Å². The van der Waals surface area contributed by atoms with E-state index in [2.05, 4.69) is 15.3 Å². The SMILES string of the molecule is NCCNc1ncc2c(n1)CCC(C(F)(F)F)C2. The number of halogens is 3. The van der Waals surface area contributed by atoms with Gasteiger partial charge in [0.2, 0.25) is 5.95 Å². The molecule has 0 saturated carbocycles. The maximum atomic E-state index is 12.6. The van der Waals surface area contributed by atoms with Gasteiger partial charge >= 0.3 is 6.18 Å². The summed E-state index contributed by atoms with van der Waals surface area (Å²) in [4.78, 5) is 8.22. The van der Waals surface area contributed by atoms with Crippen LogP contribution in [0.15, 0.2) is 6.20 Å². The number of nitrogens with one attached hydrogen (secondary N) is 1. The average molecular weight is 260 g/mol. The van der Waals surface area contributed by atoms with Crippen molar-refractivity contribution < 1.29 is 13.2 Å². The first-order valence-electron chi connectivity index (χ1n) is 5.86. The number of rotatable bonds is 3. The number of nitrogens with two attached hydrogens (primary N) is 1. The Bertz CT molecular complexity index is 419. The molecule has 2 rings (SSSR count). The predicted molar refractivity (Wildman–Crippen MR) is 61.1 cm³/mol. The van der Waals surface area contributed by atoms with Crippen LogP contribution in [0.1, 0.15) is 17.7 Å². The number of fused-ring (bicyclic) bond motifs is 1. The van der Waals surface area contributed by atoms with Crippen molar-refractivity contribution in [3.05, 3.63) is 17.5 Å². The van der Waals surface area contributed by atoms with Crippen LogP contribution in [-0.2, 0) is 12.8 Å². The Morgan fingerprint density at radius 2 is 2.22 bits per heavy atom. The molecule has 1 aromatic rings. The van der Waals surface area contributed by atoms with Crippen LogP contribution in [0, 0.1) is 5.92 Å². The smallest absolute Gasteiger partial charge is 0.353 e. The zero-order valence-corrected chi connectivity index (χ0v) is 9.80. The third-order valence-electron chi connectivity index (χ3n) is 3.04. The highest BCUT2D eigenvalue weighted by atomic mass is 19.4.